The highest BCUT2D eigenvalue weighted by molar-refractivity contribution is 5.96. The summed E-state index contributed by atoms with van der Waals surface area (Å²) in [6.45, 7) is 7.86. The molecule has 2 aromatic carbocycles. The molecule has 0 unspecified atom stereocenters. The van der Waals surface area contributed by atoms with Crippen molar-refractivity contribution >= 4 is 23.2 Å². The number of nitrogens with one attached hydrogen (secondary N) is 2. The first-order valence-electron chi connectivity index (χ1n) is 9.24. The number of carbonyl (C=O) groups is 2. The van der Waals surface area contributed by atoms with Crippen molar-refractivity contribution in [3.8, 4) is 5.75 Å². The lowest BCUT2D eigenvalue weighted by Gasteiger charge is -2.24. The van der Waals surface area contributed by atoms with Gasteiger partial charge in [-0.1, -0.05) is 23.8 Å². The molecule has 0 bridgehead atoms. The van der Waals surface area contributed by atoms with Crippen LogP contribution in [0.15, 0.2) is 36.4 Å². The largest absolute Gasteiger partial charge is 0.497 e. The minimum Gasteiger partial charge on any atom is -0.497 e. The fourth-order valence-electron chi connectivity index (χ4n) is 3.07. The zero-order valence-corrected chi connectivity index (χ0v) is 17.4. The number of hydrogen-bond donors (Lipinski definition) is 2. The van der Waals surface area contributed by atoms with E-state index in [0.717, 1.165) is 22.4 Å². The van der Waals surface area contributed by atoms with E-state index in [-0.39, 0.29) is 18.4 Å². The Hall–Kier alpha value is -2.86. The fourth-order valence-corrected chi connectivity index (χ4v) is 3.07. The van der Waals surface area contributed by atoms with Crippen LogP contribution < -0.4 is 15.4 Å². The Morgan fingerprint density at radius 2 is 1.71 bits per heavy atom. The van der Waals surface area contributed by atoms with Crippen LogP contribution in [-0.4, -0.2) is 43.5 Å². The summed E-state index contributed by atoms with van der Waals surface area (Å²) in [7, 11) is 3.33. The zero-order chi connectivity index (χ0) is 20.8. The van der Waals surface area contributed by atoms with Gasteiger partial charge in [-0.25, -0.2) is 0 Å². The fraction of sp³-hybridized carbons (Fsp3) is 0.364. The highest BCUT2D eigenvalue weighted by atomic mass is 16.5. The number of likely N-dealkylation sites (N-methyl/N-ethyl adjacent to an activating group) is 1. The number of benzene rings is 2. The van der Waals surface area contributed by atoms with E-state index < -0.39 is 6.04 Å². The second-order valence-electron chi connectivity index (χ2n) is 7.13. The maximum absolute atomic E-state index is 12.5. The van der Waals surface area contributed by atoms with Gasteiger partial charge < -0.3 is 15.4 Å². The van der Waals surface area contributed by atoms with Gasteiger partial charge in [0.2, 0.25) is 11.8 Å². The van der Waals surface area contributed by atoms with Gasteiger partial charge in [0, 0.05) is 17.4 Å². The van der Waals surface area contributed by atoms with Crippen molar-refractivity contribution in [3.05, 3.63) is 53.1 Å². The third kappa shape index (κ3) is 5.57. The molecule has 150 valence electrons. The Bertz CT molecular complexity index is 841. The molecule has 2 amide bonds. The predicted molar refractivity (Wildman–Crippen MR) is 113 cm³/mol. The Labute approximate surface area is 166 Å². The van der Waals surface area contributed by atoms with Gasteiger partial charge in [0.05, 0.1) is 19.7 Å². The van der Waals surface area contributed by atoms with Crippen LogP contribution in [0.5, 0.6) is 5.75 Å². The van der Waals surface area contributed by atoms with Crippen molar-refractivity contribution in [2.75, 3.05) is 31.3 Å². The number of amides is 2. The van der Waals surface area contributed by atoms with E-state index in [4.69, 9.17) is 4.74 Å². The molecule has 0 heterocycles. The summed E-state index contributed by atoms with van der Waals surface area (Å²) in [4.78, 5) is 26.7. The zero-order valence-electron chi connectivity index (χ0n) is 17.4. The van der Waals surface area contributed by atoms with Crippen LogP contribution in [0.3, 0.4) is 0 Å². The lowest BCUT2D eigenvalue weighted by atomic mass is 10.1. The molecular weight excluding hydrogens is 354 g/mol. The molecule has 6 heteroatoms. The summed E-state index contributed by atoms with van der Waals surface area (Å²) in [5.41, 5.74) is 4.69. The first-order valence-corrected chi connectivity index (χ1v) is 9.24. The van der Waals surface area contributed by atoms with E-state index in [0.29, 0.717) is 11.4 Å². The van der Waals surface area contributed by atoms with Crippen molar-refractivity contribution < 1.29 is 14.3 Å². The van der Waals surface area contributed by atoms with Crippen LogP contribution in [0.4, 0.5) is 11.4 Å². The number of carbonyl (C=O) groups excluding carboxylic acids is 2. The molecule has 0 fully saturated rings. The third-order valence-corrected chi connectivity index (χ3v) is 4.71. The first kappa shape index (κ1) is 21.4. The van der Waals surface area contributed by atoms with Gasteiger partial charge in [-0.3, -0.25) is 14.5 Å². The van der Waals surface area contributed by atoms with Gasteiger partial charge in [-0.15, -0.1) is 0 Å². The van der Waals surface area contributed by atoms with E-state index in [1.54, 1.807) is 38.1 Å². The maximum Gasteiger partial charge on any atom is 0.241 e. The van der Waals surface area contributed by atoms with Crippen molar-refractivity contribution in [1.29, 1.82) is 0 Å². The Morgan fingerprint density at radius 1 is 1.07 bits per heavy atom. The third-order valence-electron chi connectivity index (χ3n) is 4.71. The van der Waals surface area contributed by atoms with Crippen LogP contribution in [0.1, 0.15) is 23.6 Å². The number of anilines is 2. The summed E-state index contributed by atoms with van der Waals surface area (Å²) in [5.74, 6) is 0.326. The lowest BCUT2D eigenvalue weighted by Crippen LogP contribution is -2.43. The summed E-state index contributed by atoms with van der Waals surface area (Å²) in [6, 6.07) is 10.8. The van der Waals surface area contributed by atoms with Crippen molar-refractivity contribution in [1.82, 2.24) is 4.90 Å². The number of nitrogens with zero attached hydrogens (tertiary/aromatic N) is 1. The maximum atomic E-state index is 12.5. The highest BCUT2D eigenvalue weighted by Gasteiger charge is 2.21. The molecule has 6 nitrogen and oxygen atoms in total. The molecule has 0 saturated carbocycles. The van der Waals surface area contributed by atoms with Gasteiger partial charge >= 0.3 is 0 Å². The molecule has 0 spiro atoms. The monoisotopic (exact) mass is 383 g/mol. The summed E-state index contributed by atoms with van der Waals surface area (Å²) in [5, 5.41) is 5.82. The van der Waals surface area contributed by atoms with Crippen LogP contribution in [0.2, 0.25) is 0 Å². The van der Waals surface area contributed by atoms with Gasteiger partial charge in [-0.05, 0) is 58.0 Å². The highest BCUT2D eigenvalue weighted by Crippen LogP contribution is 2.22. The number of ether oxygens (including phenoxy) is 1. The van der Waals surface area contributed by atoms with E-state index in [1.165, 1.54) is 0 Å². The quantitative estimate of drug-likeness (QED) is 0.767. The Morgan fingerprint density at radius 3 is 2.32 bits per heavy atom. The lowest BCUT2D eigenvalue weighted by molar-refractivity contribution is -0.122. The Balaban J connectivity index is 1.96. The SMILES string of the molecule is COc1cccc(NC(=O)[C@H](C)N(C)CC(=O)Nc2c(C)cc(C)cc2C)c1. The second-order valence-corrected chi connectivity index (χ2v) is 7.13. The summed E-state index contributed by atoms with van der Waals surface area (Å²) < 4.78 is 5.17. The minimum absolute atomic E-state index is 0.111. The van der Waals surface area contributed by atoms with E-state index >= 15 is 0 Å². The van der Waals surface area contributed by atoms with Gasteiger partial charge in [0.15, 0.2) is 0 Å². The first-order chi connectivity index (χ1) is 13.2. The average Bonchev–Trinajstić information content (AvgIpc) is 2.64. The summed E-state index contributed by atoms with van der Waals surface area (Å²) >= 11 is 0. The molecule has 1 atom stereocenters. The van der Waals surface area contributed by atoms with Crippen LogP contribution in [0.25, 0.3) is 0 Å². The topological polar surface area (TPSA) is 70.7 Å². The smallest absolute Gasteiger partial charge is 0.241 e. The molecule has 0 aliphatic carbocycles. The standard InChI is InChI=1S/C22H29N3O3/c1-14-10-15(2)21(16(3)11-14)24-20(26)13-25(5)17(4)22(27)23-18-8-7-9-19(12-18)28-6/h7-12,17H,13H2,1-6H3,(H,23,27)(H,24,26)/t17-/m0/s1. The number of aryl methyl sites for hydroxylation is 3. The normalized spacial score (nSPS) is 11.8. The van der Waals surface area contributed by atoms with E-state index in [2.05, 4.69) is 10.6 Å². The Kier molecular flexibility index (Phi) is 7.18. The minimum atomic E-state index is -0.475. The van der Waals surface area contributed by atoms with Crippen molar-refractivity contribution in [3.63, 3.8) is 0 Å². The molecule has 0 aliphatic rings. The molecular formula is C22H29N3O3. The number of rotatable bonds is 7. The molecule has 0 radical (unpaired) electrons. The van der Waals surface area contributed by atoms with Gasteiger partial charge in [0.25, 0.3) is 0 Å². The van der Waals surface area contributed by atoms with Crippen molar-refractivity contribution in [2.24, 2.45) is 0 Å². The number of hydrogen-bond acceptors (Lipinski definition) is 4. The predicted octanol–water partition coefficient (Wildman–Crippen LogP) is 3.52. The van der Waals surface area contributed by atoms with Crippen LogP contribution >= 0.6 is 0 Å². The average molecular weight is 383 g/mol. The van der Waals surface area contributed by atoms with Crippen molar-refractivity contribution in [2.45, 2.75) is 33.7 Å². The molecule has 0 aliphatic heterocycles. The second kappa shape index (κ2) is 9.37. The van der Waals surface area contributed by atoms with Crippen LogP contribution in [-0.2, 0) is 9.59 Å². The molecule has 2 rings (SSSR count). The van der Waals surface area contributed by atoms with Gasteiger partial charge in [-0.2, -0.15) is 0 Å². The van der Waals surface area contributed by atoms with Crippen LogP contribution in [0, 0.1) is 20.8 Å². The summed E-state index contributed by atoms with van der Waals surface area (Å²) in [6.07, 6.45) is 0. The number of methoxy groups -OCH3 is 1. The molecule has 28 heavy (non-hydrogen) atoms. The molecule has 2 N–H and O–H groups in total. The van der Waals surface area contributed by atoms with E-state index in [9.17, 15) is 9.59 Å². The molecule has 0 aromatic heterocycles. The van der Waals surface area contributed by atoms with E-state index in [1.807, 2.05) is 45.0 Å². The van der Waals surface area contributed by atoms with Gasteiger partial charge in [0.1, 0.15) is 5.75 Å². The molecule has 2 aromatic rings. The molecule has 0 saturated heterocycles.